The van der Waals surface area contributed by atoms with E-state index in [1.165, 1.54) is 0 Å². The zero-order valence-electron chi connectivity index (χ0n) is 17.5. The number of nitrogens with two attached hydrogens (primary N) is 2. The van der Waals surface area contributed by atoms with Crippen LogP contribution in [-0.2, 0) is 0 Å². The van der Waals surface area contributed by atoms with E-state index in [2.05, 4.69) is 24.3 Å². The molecule has 0 amide bonds. The molecule has 0 spiro atoms. The smallest absolute Gasteiger partial charge is 0.130 e. The van der Waals surface area contributed by atoms with Crippen LogP contribution < -0.4 is 20.9 Å². The van der Waals surface area contributed by atoms with Crippen LogP contribution in [0.3, 0.4) is 0 Å². The first-order valence-corrected chi connectivity index (χ1v) is 10.7. The average molecular weight is 429 g/mol. The third kappa shape index (κ3) is 5.32. The minimum Gasteiger partial charge on any atom is -0.457 e. The van der Waals surface area contributed by atoms with Crippen LogP contribution in [0.2, 0.25) is 0 Å². The van der Waals surface area contributed by atoms with Gasteiger partial charge in [-0.3, -0.25) is 0 Å². The molecular formula is C26H24N2O2S. The Morgan fingerprint density at radius 1 is 0.548 bits per heavy atom. The maximum absolute atomic E-state index is 5.97. The van der Waals surface area contributed by atoms with Crippen molar-refractivity contribution in [2.24, 2.45) is 0 Å². The van der Waals surface area contributed by atoms with Crippen LogP contribution >= 0.6 is 11.8 Å². The SMILES string of the molecule is Cc1cc(N)ccc1Oc1ccc(Sc2ccc(Oc3ccc(N)cc3C)cc2)cc1. The van der Waals surface area contributed by atoms with Gasteiger partial charge in [0.1, 0.15) is 23.0 Å². The molecule has 4 aromatic rings. The summed E-state index contributed by atoms with van der Waals surface area (Å²) in [5.41, 5.74) is 15.1. The summed E-state index contributed by atoms with van der Waals surface area (Å²) in [5.74, 6) is 3.20. The normalized spacial score (nSPS) is 10.6. The zero-order valence-corrected chi connectivity index (χ0v) is 18.3. The molecule has 31 heavy (non-hydrogen) atoms. The predicted molar refractivity (Wildman–Crippen MR) is 128 cm³/mol. The summed E-state index contributed by atoms with van der Waals surface area (Å²) in [5, 5.41) is 0. The second kappa shape index (κ2) is 9.06. The van der Waals surface area contributed by atoms with Crippen molar-refractivity contribution in [3.05, 3.63) is 96.1 Å². The molecule has 5 heteroatoms. The van der Waals surface area contributed by atoms with Crippen LogP contribution in [0.25, 0.3) is 0 Å². The van der Waals surface area contributed by atoms with E-state index in [1.807, 2.05) is 74.5 Å². The fourth-order valence-electron chi connectivity index (χ4n) is 3.12. The summed E-state index contributed by atoms with van der Waals surface area (Å²) in [7, 11) is 0. The van der Waals surface area contributed by atoms with Crippen molar-refractivity contribution < 1.29 is 9.47 Å². The number of hydrogen-bond acceptors (Lipinski definition) is 5. The zero-order chi connectivity index (χ0) is 21.8. The first-order valence-electron chi connectivity index (χ1n) is 9.92. The first-order chi connectivity index (χ1) is 15.0. The number of rotatable bonds is 6. The topological polar surface area (TPSA) is 70.5 Å². The van der Waals surface area contributed by atoms with Gasteiger partial charge in [0, 0.05) is 21.2 Å². The number of benzene rings is 4. The monoisotopic (exact) mass is 428 g/mol. The third-order valence-corrected chi connectivity index (χ3v) is 5.75. The highest BCUT2D eigenvalue weighted by Crippen LogP contribution is 2.33. The highest BCUT2D eigenvalue weighted by molar-refractivity contribution is 7.99. The van der Waals surface area contributed by atoms with Crippen LogP contribution in [-0.4, -0.2) is 0 Å². The largest absolute Gasteiger partial charge is 0.457 e. The Balaban J connectivity index is 1.39. The molecule has 4 aromatic carbocycles. The molecule has 4 nitrogen and oxygen atoms in total. The van der Waals surface area contributed by atoms with Gasteiger partial charge in [-0.25, -0.2) is 0 Å². The van der Waals surface area contributed by atoms with Crippen LogP contribution in [0.5, 0.6) is 23.0 Å². The Hall–Kier alpha value is -3.57. The lowest BCUT2D eigenvalue weighted by Gasteiger charge is -2.11. The molecule has 156 valence electrons. The van der Waals surface area contributed by atoms with Gasteiger partial charge in [-0.15, -0.1) is 0 Å². The summed E-state index contributed by atoms with van der Waals surface area (Å²) in [4.78, 5) is 2.26. The Labute approximate surface area is 186 Å². The number of hydrogen-bond donors (Lipinski definition) is 2. The Kier molecular flexibility index (Phi) is 6.05. The summed E-state index contributed by atoms with van der Waals surface area (Å²) in [6.45, 7) is 3.97. The second-order valence-electron chi connectivity index (χ2n) is 7.30. The van der Waals surface area contributed by atoms with E-state index in [0.717, 1.165) is 55.3 Å². The molecule has 0 bridgehead atoms. The quantitative estimate of drug-likeness (QED) is 0.318. The van der Waals surface area contributed by atoms with Crippen LogP contribution in [0.4, 0.5) is 11.4 Å². The van der Waals surface area contributed by atoms with Crippen molar-refractivity contribution in [3.63, 3.8) is 0 Å². The van der Waals surface area contributed by atoms with E-state index in [4.69, 9.17) is 20.9 Å². The highest BCUT2D eigenvalue weighted by Gasteiger charge is 2.05. The number of nitrogen functional groups attached to an aromatic ring is 2. The molecule has 0 atom stereocenters. The van der Waals surface area contributed by atoms with Crippen molar-refractivity contribution in [2.45, 2.75) is 23.6 Å². The minimum absolute atomic E-state index is 0.733. The fourth-order valence-corrected chi connectivity index (χ4v) is 3.93. The molecule has 0 aliphatic rings. The molecule has 0 unspecified atom stereocenters. The van der Waals surface area contributed by atoms with Crippen molar-refractivity contribution in [1.82, 2.24) is 0 Å². The van der Waals surface area contributed by atoms with Gasteiger partial charge in [0.05, 0.1) is 0 Å². The van der Waals surface area contributed by atoms with Gasteiger partial charge in [-0.05, 0) is 110 Å². The molecule has 0 saturated carbocycles. The Bertz CT molecular complexity index is 1090. The third-order valence-electron chi connectivity index (χ3n) is 4.74. The first kappa shape index (κ1) is 20.7. The lowest BCUT2D eigenvalue weighted by molar-refractivity contribution is 0.478. The molecule has 0 aliphatic heterocycles. The van der Waals surface area contributed by atoms with Crippen molar-refractivity contribution in [1.29, 1.82) is 0 Å². The van der Waals surface area contributed by atoms with Crippen LogP contribution in [0, 0.1) is 13.8 Å². The number of ether oxygens (including phenoxy) is 2. The number of anilines is 2. The second-order valence-corrected chi connectivity index (χ2v) is 8.45. The van der Waals surface area contributed by atoms with E-state index >= 15 is 0 Å². The predicted octanol–water partition coefficient (Wildman–Crippen LogP) is 7.20. The van der Waals surface area contributed by atoms with Gasteiger partial charge in [-0.2, -0.15) is 0 Å². The molecule has 4 rings (SSSR count). The van der Waals surface area contributed by atoms with E-state index in [0.29, 0.717) is 0 Å². The van der Waals surface area contributed by atoms with Crippen molar-refractivity contribution >= 4 is 23.1 Å². The van der Waals surface area contributed by atoms with Gasteiger partial charge < -0.3 is 20.9 Å². The summed E-state index contributed by atoms with van der Waals surface area (Å²) in [6, 6.07) is 27.4. The van der Waals surface area contributed by atoms with E-state index in [9.17, 15) is 0 Å². The van der Waals surface area contributed by atoms with Gasteiger partial charge in [-0.1, -0.05) is 11.8 Å². The lowest BCUT2D eigenvalue weighted by Crippen LogP contribution is -1.90. The van der Waals surface area contributed by atoms with Gasteiger partial charge >= 0.3 is 0 Å². The molecular weight excluding hydrogens is 404 g/mol. The van der Waals surface area contributed by atoms with E-state index < -0.39 is 0 Å². The van der Waals surface area contributed by atoms with Crippen molar-refractivity contribution in [2.75, 3.05) is 11.5 Å². The standard InChI is InChI=1S/C26H24N2O2S/c1-17-15-19(27)3-13-25(17)29-21-5-9-23(10-6-21)31-24-11-7-22(8-12-24)30-26-14-4-20(28)16-18(26)2/h3-16H,27-28H2,1-2H3. The molecule has 4 N–H and O–H groups in total. The molecule has 0 heterocycles. The fraction of sp³-hybridized carbons (Fsp3) is 0.0769. The number of aryl methyl sites for hydroxylation is 2. The summed E-state index contributed by atoms with van der Waals surface area (Å²) >= 11 is 1.68. The molecule has 0 aromatic heterocycles. The maximum Gasteiger partial charge on any atom is 0.130 e. The Morgan fingerprint density at radius 3 is 1.29 bits per heavy atom. The maximum atomic E-state index is 5.97. The summed E-state index contributed by atoms with van der Waals surface area (Å²) < 4.78 is 11.9. The van der Waals surface area contributed by atoms with Gasteiger partial charge in [0.15, 0.2) is 0 Å². The van der Waals surface area contributed by atoms with Crippen LogP contribution in [0.1, 0.15) is 11.1 Å². The van der Waals surface area contributed by atoms with E-state index in [1.54, 1.807) is 11.8 Å². The average Bonchev–Trinajstić information content (AvgIpc) is 2.75. The molecule has 0 saturated heterocycles. The lowest BCUT2D eigenvalue weighted by atomic mass is 10.2. The molecule has 0 fully saturated rings. The van der Waals surface area contributed by atoms with Gasteiger partial charge in [0.2, 0.25) is 0 Å². The Morgan fingerprint density at radius 2 is 0.935 bits per heavy atom. The molecule has 0 radical (unpaired) electrons. The van der Waals surface area contributed by atoms with Crippen LogP contribution in [0.15, 0.2) is 94.7 Å². The van der Waals surface area contributed by atoms with E-state index in [-0.39, 0.29) is 0 Å². The van der Waals surface area contributed by atoms with Crippen molar-refractivity contribution in [3.8, 4) is 23.0 Å². The molecule has 0 aliphatic carbocycles. The minimum atomic E-state index is 0.733. The highest BCUT2D eigenvalue weighted by atomic mass is 32.2. The summed E-state index contributed by atoms with van der Waals surface area (Å²) in [6.07, 6.45) is 0. The van der Waals surface area contributed by atoms with Gasteiger partial charge in [0.25, 0.3) is 0 Å².